The highest BCUT2D eigenvalue weighted by atomic mass is 16.5. The summed E-state index contributed by atoms with van der Waals surface area (Å²) in [6, 6.07) is 10.6. The molecule has 1 saturated heterocycles. The van der Waals surface area contributed by atoms with Crippen molar-refractivity contribution in [2.45, 2.75) is 13.1 Å². The van der Waals surface area contributed by atoms with Gasteiger partial charge in [-0.3, -0.25) is 9.59 Å². The molecule has 8 heteroatoms. The Morgan fingerprint density at radius 3 is 2.77 bits per heavy atom. The van der Waals surface area contributed by atoms with Gasteiger partial charge >= 0.3 is 0 Å². The van der Waals surface area contributed by atoms with Crippen LogP contribution in [-0.2, 0) is 22.6 Å². The average molecular weight is 358 g/mol. The quantitative estimate of drug-likeness (QED) is 0.805. The topological polar surface area (TPSA) is 85.7 Å². The smallest absolute Gasteiger partial charge is 0.267 e. The van der Waals surface area contributed by atoms with E-state index in [1.165, 1.54) is 10.7 Å². The van der Waals surface area contributed by atoms with Crippen LogP contribution >= 0.6 is 0 Å². The van der Waals surface area contributed by atoms with Crippen LogP contribution in [-0.4, -0.2) is 49.1 Å². The summed E-state index contributed by atoms with van der Waals surface area (Å²) >= 11 is 0. The number of rotatable bonds is 6. The molecule has 2 heterocycles. The molecule has 0 saturated carbocycles. The summed E-state index contributed by atoms with van der Waals surface area (Å²) in [7, 11) is 1.58. The van der Waals surface area contributed by atoms with Gasteiger partial charge in [-0.1, -0.05) is 18.2 Å². The van der Waals surface area contributed by atoms with Crippen molar-refractivity contribution in [2.24, 2.45) is 0 Å². The van der Waals surface area contributed by atoms with E-state index >= 15 is 0 Å². The van der Waals surface area contributed by atoms with Crippen LogP contribution in [0.2, 0.25) is 0 Å². The Kier molecular flexibility index (Phi) is 5.85. The Morgan fingerprint density at radius 2 is 2.00 bits per heavy atom. The summed E-state index contributed by atoms with van der Waals surface area (Å²) in [5.41, 5.74) is 0.556. The van der Waals surface area contributed by atoms with Gasteiger partial charge < -0.3 is 19.7 Å². The Labute approximate surface area is 151 Å². The van der Waals surface area contributed by atoms with Crippen LogP contribution < -0.4 is 20.5 Å². The molecule has 1 aliphatic rings. The highest BCUT2D eigenvalue weighted by Gasteiger charge is 2.14. The number of aromatic nitrogens is 2. The second kappa shape index (κ2) is 8.48. The molecule has 26 heavy (non-hydrogen) atoms. The minimum Gasteiger partial charge on any atom is -0.496 e. The Morgan fingerprint density at radius 1 is 1.23 bits per heavy atom. The monoisotopic (exact) mass is 358 g/mol. The number of benzene rings is 1. The van der Waals surface area contributed by atoms with Crippen molar-refractivity contribution >= 4 is 11.7 Å². The van der Waals surface area contributed by atoms with Gasteiger partial charge in [-0.05, 0) is 12.1 Å². The molecule has 3 rings (SSSR count). The van der Waals surface area contributed by atoms with Crippen LogP contribution in [0.3, 0.4) is 0 Å². The number of methoxy groups -OCH3 is 1. The first-order valence-corrected chi connectivity index (χ1v) is 8.47. The summed E-state index contributed by atoms with van der Waals surface area (Å²) in [6.45, 7) is 2.86. The fourth-order valence-corrected chi connectivity index (χ4v) is 2.75. The van der Waals surface area contributed by atoms with Crippen molar-refractivity contribution in [3.8, 4) is 5.75 Å². The normalized spacial score (nSPS) is 14.1. The summed E-state index contributed by atoms with van der Waals surface area (Å²) in [4.78, 5) is 26.3. The first-order chi connectivity index (χ1) is 12.7. The van der Waals surface area contributed by atoms with E-state index in [9.17, 15) is 9.59 Å². The van der Waals surface area contributed by atoms with Gasteiger partial charge in [-0.15, -0.1) is 0 Å². The molecule has 8 nitrogen and oxygen atoms in total. The summed E-state index contributed by atoms with van der Waals surface area (Å²) in [6.07, 6.45) is 0. The predicted molar refractivity (Wildman–Crippen MR) is 96.4 cm³/mol. The van der Waals surface area contributed by atoms with E-state index in [0.717, 1.165) is 5.56 Å². The number of nitrogens with one attached hydrogen (secondary N) is 1. The first kappa shape index (κ1) is 17.9. The highest BCUT2D eigenvalue weighted by molar-refractivity contribution is 5.75. The summed E-state index contributed by atoms with van der Waals surface area (Å²) in [5.74, 6) is 1.09. The fourth-order valence-electron chi connectivity index (χ4n) is 2.75. The largest absolute Gasteiger partial charge is 0.496 e. The third kappa shape index (κ3) is 4.40. The van der Waals surface area contributed by atoms with Crippen LogP contribution in [0.15, 0.2) is 41.2 Å². The molecule has 1 amide bonds. The van der Waals surface area contributed by atoms with Crippen LogP contribution in [0, 0.1) is 0 Å². The molecule has 138 valence electrons. The van der Waals surface area contributed by atoms with Gasteiger partial charge in [0.25, 0.3) is 5.56 Å². The lowest BCUT2D eigenvalue weighted by Crippen LogP contribution is -2.39. The highest BCUT2D eigenvalue weighted by Crippen LogP contribution is 2.16. The van der Waals surface area contributed by atoms with Crippen molar-refractivity contribution in [1.82, 2.24) is 15.1 Å². The van der Waals surface area contributed by atoms with E-state index in [-0.39, 0.29) is 18.0 Å². The van der Waals surface area contributed by atoms with E-state index < -0.39 is 0 Å². The minimum absolute atomic E-state index is 0.133. The molecule has 0 spiro atoms. The lowest BCUT2D eigenvalue weighted by Gasteiger charge is -2.27. The number of amides is 1. The van der Waals surface area contributed by atoms with Crippen molar-refractivity contribution in [2.75, 3.05) is 38.3 Å². The van der Waals surface area contributed by atoms with Crippen molar-refractivity contribution in [3.63, 3.8) is 0 Å². The number of nitrogens with zero attached hydrogens (tertiary/aromatic N) is 3. The maximum atomic E-state index is 12.2. The second-order valence-corrected chi connectivity index (χ2v) is 5.88. The van der Waals surface area contributed by atoms with Crippen LogP contribution in [0.4, 0.5) is 5.82 Å². The van der Waals surface area contributed by atoms with Crippen molar-refractivity contribution < 1.29 is 14.3 Å². The molecule has 1 aliphatic heterocycles. The van der Waals surface area contributed by atoms with Gasteiger partial charge in [0, 0.05) is 31.3 Å². The van der Waals surface area contributed by atoms with Crippen LogP contribution in [0.5, 0.6) is 5.75 Å². The third-order valence-electron chi connectivity index (χ3n) is 4.15. The van der Waals surface area contributed by atoms with E-state index in [1.807, 2.05) is 29.2 Å². The molecule has 1 aromatic carbocycles. The SMILES string of the molecule is COc1ccccc1CNC(=O)Cn1nc(N2CCOCC2)ccc1=O. The standard InChI is InChI=1S/C18H22N4O4/c1-25-15-5-3-2-4-14(15)12-19-17(23)13-22-18(24)7-6-16(20-22)21-8-10-26-11-9-21/h2-7H,8-13H2,1H3,(H,19,23). The molecule has 1 fully saturated rings. The molecule has 1 aromatic heterocycles. The number of morpholine rings is 1. The Balaban J connectivity index is 1.64. The maximum Gasteiger partial charge on any atom is 0.267 e. The van der Waals surface area contributed by atoms with Crippen molar-refractivity contribution in [1.29, 1.82) is 0 Å². The zero-order valence-electron chi connectivity index (χ0n) is 14.7. The van der Waals surface area contributed by atoms with Gasteiger partial charge in [0.15, 0.2) is 0 Å². The molecular weight excluding hydrogens is 336 g/mol. The van der Waals surface area contributed by atoms with E-state index in [0.29, 0.717) is 44.4 Å². The molecule has 1 N–H and O–H groups in total. The zero-order chi connectivity index (χ0) is 18.4. The molecule has 0 bridgehead atoms. The van der Waals surface area contributed by atoms with Gasteiger partial charge in [-0.2, -0.15) is 5.10 Å². The molecule has 0 aliphatic carbocycles. The van der Waals surface area contributed by atoms with Crippen LogP contribution in [0.25, 0.3) is 0 Å². The zero-order valence-corrected chi connectivity index (χ0v) is 14.7. The lowest BCUT2D eigenvalue weighted by molar-refractivity contribution is -0.122. The summed E-state index contributed by atoms with van der Waals surface area (Å²) in [5, 5.41) is 7.11. The average Bonchev–Trinajstić information content (AvgIpc) is 2.69. The van der Waals surface area contributed by atoms with E-state index in [4.69, 9.17) is 9.47 Å². The molecule has 0 atom stereocenters. The van der Waals surface area contributed by atoms with Gasteiger partial charge in [0.1, 0.15) is 18.1 Å². The number of anilines is 1. The van der Waals surface area contributed by atoms with Crippen LogP contribution in [0.1, 0.15) is 5.56 Å². The van der Waals surface area contributed by atoms with Gasteiger partial charge in [0.05, 0.1) is 20.3 Å². The first-order valence-electron chi connectivity index (χ1n) is 8.47. The number of hydrogen-bond acceptors (Lipinski definition) is 6. The number of ether oxygens (including phenoxy) is 2. The second-order valence-electron chi connectivity index (χ2n) is 5.88. The number of para-hydroxylation sites is 1. The predicted octanol–water partition coefficient (Wildman–Crippen LogP) is 0.405. The molecule has 0 radical (unpaired) electrons. The van der Waals surface area contributed by atoms with Crippen molar-refractivity contribution in [3.05, 3.63) is 52.3 Å². The number of carbonyl (C=O) groups excluding carboxylic acids is 1. The number of carbonyl (C=O) groups is 1. The third-order valence-corrected chi connectivity index (χ3v) is 4.15. The van der Waals surface area contributed by atoms with Gasteiger partial charge in [-0.25, -0.2) is 4.68 Å². The van der Waals surface area contributed by atoms with E-state index in [2.05, 4.69) is 10.4 Å². The summed E-state index contributed by atoms with van der Waals surface area (Å²) < 4.78 is 11.8. The number of hydrogen-bond donors (Lipinski definition) is 1. The molecule has 0 unspecified atom stereocenters. The van der Waals surface area contributed by atoms with E-state index in [1.54, 1.807) is 13.2 Å². The Hall–Kier alpha value is -2.87. The Bertz CT molecular complexity index is 815. The lowest BCUT2D eigenvalue weighted by atomic mass is 10.2. The molecule has 2 aromatic rings. The molecular formula is C18H22N4O4. The maximum absolute atomic E-state index is 12.2. The fraction of sp³-hybridized carbons (Fsp3) is 0.389. The van der Waals surface area contributed by atoms with Gasteiger partial charge in [0.2, 0.25) is 5.91 Å². The minimum atomic E-state index is -0.311.